The van der Waals surface area contributed by atoms with E-state index in [0.29, 0.717) is 25.2 Å². The van der Waals surface area contributed by atoms with Crippen LogP contribution in [0.15, 0.2) is 72.9 Å². The van der Waals surface area contributed by atoms with Crippen molar-refractivity contribution in [2.24, 2.45) is 5.92 Å². The van der Waals surface area contributed by atoms with Crippen molar-refractivity contribution in [3.05, 3.63) is 84.1 Å². The van der Waals surface area contributed by atoms with Crippen LogP contribution in [0.3, 0.4) is 0 Å². The molecule has 8 nitrogen and oxygen atoms in total. The van der Waals surface area contributed by atoms with Gasteiger partial charge in [-0.15, -0.1) is 0 Å². The van der Waals surface area contributed by atoms with Crippen molar-refractivity contribution >= 4 is 28.9 Å². The molecule has 0 fully saturated rings. The number of aromatic amines is 1. The molecule has 2 atom stereocenters. The van der Waals surface area contributed by atoms with E-state index in [9.17, 15) is 14.4 Å². The first-order chi connectivity index (χ1) is 19.0. The third kappa shape index (κ3) is 10.2. The molecule has 8 heteroatoms. The Morgan fingerprint density at radius 2 is 1.65 bits per heavy atom. The molecular weight excluding hydrogens is 506 g/mol. The first-order valence-corrected chi connectivity index (χ1v) is 13.7. The lowest BCUT2D eigenvalue weighted by Gasteiger charge is -2.23. The van der Waals surface area contributed by atoms with E-state index < -0.39 is 23.8 Å². The molecule has 3 rings (SSSR count). The molecule has 2 aromatic carbocycles. The smallest absolute Gasteiger partial charge is 0.408 e. The van der Waals surface area contributed by atoms with Crippen LogP contribution in [0.1, 0.15) is 58.6 Å². The van der Waals surface area contributed by atoms with Gasteiger partial charge in [-0.25, -0.2) is 9.59 Å². The maximum atomic E-state index is 13.3. The lowest BCUT2D eigenvalue weighted by molar-refractivity contribution is -0.116. The molecule has 3 aromatic rings. The highest BCUT2D eigenvalue weighted by atomic mass is 16.6. The van der Waals surface area contributed by atoms with Gasteiger partial charge in [-0.1, -0.05) is 68.5 Å². The Balaban J connectivity index is 1.66. The number of amides is 2. The van der Waals surface area contributed by atoms with Gasteiger partial charge >= 0.3 is 12.2 Å². The van der Waals surface area contributed by atoms with Crippen LogP contribution in [0.2, 0.25) is 0 Å². The highest BCUT2D eigenvalue weighted by Crippen LogP contribution is 2.20. The number of hydrogen-bond donors (Lipinski definition) is 3. The van der Waals surface area contributed by atoms with Crippen LogP contribution in [0, 0.1) is 5.92 Å². The summed E-state index contributed by atoms with van der Waals surface area (Å²) in [4.78, 5) is 41.5. The molecule has 0 radical (unpaired) electrons. The highest BCUT2D eigenvalue weighted by molar-refractivity contribution is 5.97. The molecule has 0 saturated heterocycles. The zero-order valence-corrected chi connectivity index (χ0v) is 24.0. The molecule has 0 aliphatic rings. The molecule has 0 saturated carbocycles. The van der Waals surface area contributed by atoms with Crippen molar-refractivity contribution in [3.63, 3.8) is 0 Å². The van der Waals surface area contributed by atoms with Crippen LogP contribution in [0.5, 0.6) is 0 Å². The number of fused-ring (bicyclic) bond motifs is 1. The van der Waals surface area contributed by atoms with Crippen molar-refractivity contribution in [3.8, 4) is 0 Å². The number of carbonyl (C=O) groups is 3. The number of carbonyl (C=O) groups excluding carboxylic acids is 3. The largest absolute Gasteiger partial charge is 0.445 e. The van der Waals surface area contributed by atoms with Gasteiger partial charge in [0.25, 0.3) is 0 Å². The minimum Gasteiger partial charge on any atom is -0.445 e. The minimum atomic E-state index is -0.822. The number of H-pyrrole nitrogens is 1. The summed E-state index contributed by atoms with van der Waals surface area (Å²) in [7, 11) is 0. The van der Waals surface area contributed by atoms with Gasteiger partial charge in [0, 0.05) is 29.6 Å². The van der Waals surface area contributed by atoms with E-state index in [0.717, 1.165) is 22.0 Å². The van der Waals surface area contributed by atoms with Crippen molar-refractivity contribution in [1.29, 1.82) is 0 Å². The minimum absolute atomic E-state index is 0.182. The predicted molar refractivity (Wildman–Crippen MR) is 157 cm³/mol. The fourth-order valence-corrected chi connectivity index (χ4v) is 4.37. The molecule has 0 aliphatic carbocycles. The number of benzene rings is 2. The number of ether oxygens (including phenoxy) is 2. The third-order valence-corrected chi connectivity index (χ3v) is 6.13. The summed E-state index contributed by atoms with van der Waals surface area (Å²) in [5.74, 6) is 0.0677. The second kappa shape index (κ2) is 14.4. The zero-order chi connectivity index (χ0) is 29.1. The monoisotopic (exact) mass is 547 g/mol. The first kappa shape index (κ1) is 30.5. The van der Waals surface area contributed by atoms with Gasteiger partial charge < -0.3 is 25.1 Å². The van der Waals surface area contributed by atoms with Crippen LogP contribution in [0.4, 0.5) is 9.59 Å². The first-order valence-electron chi connectivity index (χ1n) is 13.7. The summed E-state index contributed by atoms with van der Waals surface area (Å²) < 4.78 is 10.8. The van der Waals surface area contributed by atoms with Crippen LogP contribution >= 0.6 is 0 Å². The number of alkyl carbamates (subject to hydrolysis) is 2. The van der Waals surface area contributed by atoms with Gasteiger partial charge in [0.1, 0.15) is 12.2 Å². The van der Waals surface area contributed by atoms with Gasteiger partial charge in [0.15, 0.2) is 5.78 Å². The number of nitrogens with one attached hydrogen (secondary N) is 3. The summed E-state index contributed by atoms with van der Waals surface area (Å²) in [5, 5.41) is 6.66. The lowest BCUT2D eigenvalue weighted by Crippen LogP contribution is -2.44. The van der Waals surface area contributed by atoms with Crippen molar-refractivity contribution < 1.29 is 23.9 Å². The van der Waals surface area contributed by atoms with Crippen molar-refractivity contribution in [2.75, 3.05) is 0 Å². The molecule has 0 bridgehead atoms. The van der Waals surface area contributed by atoms with Gasteiger partial charge in [0.05, 0.1) is 6.04 Å². The predicted octanol–water partition coefficient (Wildman–Crippen LogP) is 6.46. The Bertz CT molecular complexity index is 1290. The Morgan fingerprint density at radius 3 is 2.35 bits per heavy atom. The van der Waals surface area contributed by atoms with Crippen LogP contribution in [0.25, 0.3) is 10.9 Å². The molecule has 0 aliphatic heterocycles. The molecule has 214 valence electrons. The van der Waals surface area contributed by atoms with E-state index in [2.05, 4.69) is 29.5 Å². The van der Waals surface area contributed by atoms with Crippen molar-refractivity contribution in [2.45, 2.75) is 78.2 Å². The molecule has 2 amide bonds. The number of para-hydroxylation sites is 1. The van der Waals surface area contributed by atoms with Crippen molar-refractivity contribution in [1.82, 2.24) is 15.6 Å². The van der Waals surface area contributed by atoms with E-state index in [1.807, 2.05) is 60.8 Å². The lowest BCUT2D eigenvalue weighted by atomic mass is 9.99. The molecule has 0 unspecified atom stereocenters. The van der Waals surface area contributed by atoms with E-state index in [4.69, 9.17) is 9.47 Å². The highest BCUT2D eigenvalue weighted by Gasteiger charge is 2.24. The normalized spacial score (nSPS) is 13.2. The second-order valence-corrected chi connectivity index (χ2v) is 11.3. The van der Waals surface area contributed by atoms with E-state index in [1.54, 1.807) is 26.8 Å². The molecule has 1 aromatic heterocycles. The number of aromatic nitrogens is 1. The Kier molecular flexibility index (Phi) is 10.9. The fourth-order valence-electron chi connectivity index (χ4n) is 4.37. The van der Waals surface area contributed by atoms with Crippen LogP contribution in [-0.2, 0) is 27.3 Å². The van der Waals surface area contributed by atoms with Crippen LogP contribution < -0.4 is 10.6 Å². The Morgan fingerprint density at radius 1 is 0.950 bits per heavy atom. The number of hydrogen-bond acceptors (Lipinski definition) is 5. The maximum Gasteiger partial charge on any atom is 0.408 e. The van der Waals surface area contributed by atoms with Gasteiger partial charge in [-0.2, -0.15) is 0 Å². The molecule has 1 heterocycles. The number of rotatable bonds is 12. The summed E-state index contributed by atoms with van der Waals surface area (Å²) in [6.45, 7) is 9.64. The molecule has 40 heavy (non-hydrogen) atoms. The fraction of sp³-hybridized carbons (Fsp3) is 0.406. The number of ketones is 1. The topological polar surface area (TPSA) is 110 Å². The van der Waals surface area contributed by atoms with E-state index in [-0.39, 0.29) is 18.4 Å². The average Bonchev–Trinajstić information content (AvgIpc) is 3.29. The average molecular weight is 548 g/mol. The second-order valence-electron chi connectivity index (χ2n) is 11.3. The molecule has 3 N–H and O–H groups in total. The SMILES string of the molecule is CC(C)C[C@@H](C/C=C/C(=O)[C@@H](Cc1c[nH]c2ccccc12)NC(=O)OC(C)(C)C)NC(=O)OCc1ccccc1. The van der Waals surface area contributed by atoms with Gasteiger partial charge in [-0.3, -0.25) is 4.79 Å². The molecule has 0 spiro atoms. The quantitative estimate of drug-likeness (QED) is 0.226. The van der Waals surface area contributed by atoms with Crippen LogP contribution in [-0.4, -0.2) is 40.6 Å². The summed E-state index contributed by atoms with van der Waals surface area (Å²) in [5.41, 5.74) is 2.08. The maximum absolute atomic E-state index is 13.3. The Hall–Kier alpha value is -4.07. The third-order valence-electron chi connectivity index (χ3n) is 6.13. The van der Waals surface area contributed by atoms with Gasteiger partial charge in [-0.05, 0) is 62.8 Å². The van der Waals surface area contributed by atoms with Gasteiger partial charge in [0.2, 0.25) is 0 Å². The zero-order valence-electron chi connectivity index (χ0n) is 24.0. The standard InChI is InChI=1S/C32H41N3O5/c1-22(2)18-25(34-30(37)39-21-23-12-7-6-8-13-23)14-11-17-29(36)28(35-31(38)40-32(3,4)5)19-24-20-33-27-16-10-9-15-26(24)27/h6-13,15-17,20,22,25,28,33H,14,18-19,21H2,1-5H3,(H,34,37)(H,35,38)/b17-11+/t25-,28-/m1/s1. The summed E-state index contributed by atoms with van der Waals surface area (Å²) in [6, 6.07) is 16.3. The Labute approximate surface area is 236 Å². The van der Waals surface area contributed by atoms with E-state index in [1.165, 1.54) is 6.08 Å². The summed E-state index contributed by atoms with van der Waals surface area (Å²) >= 11 is 0. The molecular formula is C32H41N3O5. The van der Waals surface area contributed by atoms with E-state index >= 15 is 0 Å². The summed E-state index contributed by atoms with van der Waals surface area (Å²) in [6.07, 6.45) is 5.37.